The summed E-state index contributed by atoms with van der Waals surface area (Å²) in [5.41, 5.74) is 2.62. The molecule has 1 aromatic rings. The van der Waals surface area contributed by atoms with Crippen molar-refractivity contribution >= 4 is 5.97 Å². The number of phenolic OH excluding ortho intramolecular Hbond substituents is 1. The predicted molar refractivity (Wildman–Crippen MR) is 89.3 cm³/mol. The Morgan fingerprint density at radius 3 is 2.83 bits per heavy atom. The van der Waals surface area contributed by atoms with Crippen LogP contribution >= 0.6 is 0 Å². The maximum absolute atomic E-state index is 12.1. The van der Waals surface area contributed by atoms with Gasteiger partial charge in [0, 0.05) is 0 Å². The maximum atomic E-state index is 12.1. The van der Waals surface area contributed by atoms with Gasteiger partial charge in [0.05, 0.1) is 18.3 Å². The van der Waals surface area contributed by atoms with Crippen LogP contribution in [-0.4, -0.2) is 22.3 Å². The van der Waals surface area contributed by atoms with Crippen molar-refractivity contribution in [1.29, 1.82) is 0 Å². The highest BCUT2D eigenvalue weighted by atomic mass is 16.5. The van der Waals surface area contributed by atoms with E-state index >= 15 is 0 Å². The first-order valence-corrected chi connectivity index (χ1v) is 8.91. The molecule has 4 heteroatoms. The Bertz CT molecular complexity index is 668. The number of aliphatic hydroxyl groups excluding tert-OH is 1. The molecule has 0 aromatic heterocycles. The summed E-state index contributed by atoms with van der Waals surface area (Å²) in [6.45, 7) is 3.44. The van der Waals surface area contributed by atoms with Gasteiger partial charge in [-0.05, 0) is 79.0 Å². The van der Waals surface area contributed by atoms with Crippen LogP contribution in [0.4, 0.5) is 0 Å². The molecule has 0 heterocycles. The van der Waals surface area contributed by atoms with Gasteiger partial charge >= 0.3 is 5.97 Å². The van der Waals surface area contributed by atoms with E-state index in [0.29, 0.717) is 29.9 Å². The first-order valence-electron chi connectivity index (χ1n) is 8.91. The fourth-order valence-corrected chi connectivity index (χ4v) is 5.62. The molecule has 6 atom stereocenters. The minimum absolute atomic E-state index is 0.201. The molecule has 0 radical (unpaired) electrons. The van der Waals surface area contributed by atoms with Crippen LogP contribution in [0.5, 0.6) is 5.75 Å². The van der Waals surface area contributed by atoms with E-state index in [1.165, 1.54) is 11.1 Å². The Kier molecular flexibility index (Phi) is 3.87. The molecule has 0 spiro atoms. The Morgan fingerprint density at radius 2 is 2.04 bits per heavy atom. The lowest BCUT2D eigenvalue weighted by atomic mass is 9.61. The Labute approximate surface area is 142 Å². The normalized spacial score (nSPS) is 37.0. The van der Waals surface area contributed by atoms with E-state index in [1.54, 1.807) is 6.07 Å². The number of ether oxygens (including phenoxy) is 1. The van der Waals surface area contributed by atoms with Gasteiger partial charge in [-0.25, -0.2) is 0 Å². The smallest absolute Gasteiger partial charge is 0.316 e. The SMILES string of the molecule is C=COC(=O)[C@@H]1C[C@@H]2C(CC[C@@H]3c4ccc(O)cc4CC[C@H]32)[C@H]1O. The zero-order chi connectivity index (χ0) is 16.8. The molecular formula is C20H24O4. The zero-order valence-corrected chi connectivity index (χ0v) is 13.7. The van der Waals surface area contributed by atoms with Gasteiger partial charge in [-0.3, -0.25) is 4.79 Å². The third-order valence-corrected chi connectivity index (χ3v) is 6.58. The highest BCUT2D eigenvalue weighted by molar-refractivity contribution is 5.74. The minimum Gasteiger partial charge on any atom is -0.508 e. The van der Waals surface area contributed by atoms with Crippen LogP contribution in [0.15, 0.2) is 31.0 Å². The molecule has 0 amide bonds. The summed E-state index contributed by atoms with van der Waals surface area (Å²) in [5, 5.41) is 20.4. The first-order chi connectivity index (χ1) is 11.6. The van der Waals surface area contributed by atoms with Gasteiger partial charge in [0.25, 0.3) is 0 Å². The second-order valence-electron chi connectivity index (χ2n) is 7.53. The molecule has 2 saturated carbocycles. The molecule has 4 nitrogen and oxygen atoms in total. The summed E-state index contributed by atoms with van der Waals surface area (Å²) in [6, 6.07) is 5.74. The van der Waals surface area contributed by atoms with Crippen LogP contribution in [0.3, 0.4) is 0 Å². The Balaban J connectivity index is 1.60. The van der Waals surface area contributed by atoms with E-state index in [2.05, 4.69) is 12.6 Å². The monoisotopic (exact) mass is 328 g/mol. The molecule has 3 aliphatic rings. The number of hydrogen-bond donors (Lipinski definition) is 2. The molecule has 0 saturated heterocycles. The van der Waals surface area contributed by atoms with Gasteiger partial charge in [-0.2, -0.15) is 0 Å². The molecule has 0 aliphatic heterocycles. The first kappa shape index (κ1) is 15.7. The third kappa shape index (κ3) is 2.35. The number of phenols is 1. The van der Waals surface area contributed by atoms with Gasteiger partial charge in [0.2, 0.25) is 0 Å². The number of carbonyl (C=O) groups excluding carboxylic acids is 1. The number of aliphatic hydroxyl groups is 1. The number of aryl methyl sites for hydroxylation is 1. The molecule has 24 heavy (non-hydrogen) atoms. The van der Waals surface area contributed by atoms with Crippen molar-refractivity contribution in [2.24, 2.45) is 23.7 Å². The fourth-order valence-electron chi connectivity index (χ4n) is 5.62. The number of carbonyl (C=O) groups is 1. The summed E-state index contributed by atoms with van der Waals surface area (Å²) in [4.78, 5) is 12.1. The number of rotatable bonds is 2. The van der Waals surface area contributed by atoms with Crippen LogP contribution in [0, 0.1) is 23.7 Å². The second kappa shape index (κ2) is 5.92. The van der Waals surface area contributed by atoms with Crippen LogP contribution in [-0.2, 0) is 16.0 Å². The summed E-state index contributed by atoms with van der Waals surface area (Å²) < 4.78 is 4.94. The van der Waals surface area contributed by atoms with Crippen molar-refractivity contribution in [3.05, 3.63) is 42.2 Å². The van der Waals surface area contributed by atoms with Crippen molar-refractivity contribution in [2.45, 2.75) is 44.1 Å². The lowest BCUT2D eigenvalue weighted by Crippen LogP contribution is -2.37. The summed E-state index contributed by atoms with van der Waals surface area (Å²) in [6.07, 6.45) is 5.31. The van der Waals surface area contributed by atoms with Crippen LogP contribution in [0.25, 0.3) is 0 Å². The third-order valence-electron chi connectivity index (χ3n) is 6.58. The van der Waals surface area contributed by atoms with E-state index in [1.807, 2.05) is 6.07 Å². The highest BCUT2D eigenvalue weighted by Crippen LogP contribution is 2.56. The van der Waals surface area contributed by atoms with E-state index in [4.69, 9.17) is 4.74 Å². The van der Waals surface area contributed by atoms with Gasteiger partial charge in [-0.1, -0.05) is 12.6 Å². The van der Waals surface area contributed by atoms with Gasteiger partial charge in [-0.15, -0.1) is 0 Å². The largest absolute Gasteiger partial charge is 0.508 e. The maximum Gasteiger partial charge on any atom is 0.316 e. The lowest BCUT2D eigenvalue weighted by Gasteiger charge is -2.44. The molecular weight excluding hydrogens is 304 g/mol. The molecule has 128 valence electrons. The van der Waals surface area contributed by atoms with Crippen molar-refractivity contribution in [1.82, 2.24) is 0 Å². The highest BCUT2D eigenvalue weighted by Gasteiger charge is 2.53. The summed E-state index contributed by atoms with van der Waals surface area (Å²) in [7, 11) is 0. The predicted octanol–water partition coefficient (Wildman–Crippen LogP) is 3.13. The van der Waals surface area contributed by atoms with Gasteiger partial charge in [0.15, 0.2) is 0 Å². The average molecular weight is 328 g/mol. The zero-order valence-electron chi connectivity index (χ0n) is 13.7. The topological polar surface area (TPSA) is 66.8 Å². The van der Waals surface area contributed by atoms with E-state index in [9.17, 15) is 15.0 Å². The molecule has 3 aliphatic carbocycles. The number of benzene rings is 1. The number of aromatic hydroxyl groups is 1. The number of hydrogen-bond acceptors (Lipinski definition) is 4. The summed E-state index contributed by atoms with van der Waals surface area (Å²) in [5.74, 6) is 1.15. The van der Waals surface area contributed by atoms with E-state index < -0.39 is 12.0 Å². The number of fused-ring (bicyclic) bond motifs is 5. The van der Waals surface area contributed by atoms with Crippen molar-refractivity contribution in [2.75, 3.05) is 0 Å². The lowest BCUT2D eigenvalue weighted by molar-refractivity contribution is -0.146. The van der Waals surface area contributed by atoms with Crippen molar-refractivity contribution in [3.8, 4) is 5.75 Å². The molecule has 1 unspecified atom stereocenters. The van der Waals surface area contributed by atoms with Crippen molar-refractivity contribution in [3.63, 3.8) is 0 Å². The Hall–Kier alpha value is -1.81. The van der Waals surface area contributed by atoms with Gasteiger partial charge < -0.3 is 14.9 Å². The minimum atomic E-state index is -0.593. The molecule has 2 fully saturated rings. The molecule has 2 N–H and O–H groups in total. The van der Waals surface area contributed by atoms with E-state index in [-0.39, 0.29) is 11.9 Å². The van der Waals surface area contributed by atoms with Crippen LogP contribution < -0.4 is 0 Å². The number of esters is 1. The molecule has 4 rings (SSSR count). The molecule has 1 aromatic carbocycles. The quantitative estimate of drug-likeness (QED) is 0.646. The second-order valence-corrected chi connectivity index (χ2v) is 7.53. The van der Waals surface area contributed by atoms with Crippen LogP contribution in [0.1, 0.15) is 42.7 Å². The molecule has 0 bridgehead atoms. The van der Waals surface area contributed by atoms with Crippen LogP contribution in [0.2, 0.25) is 0 Å². The Morgan fingerprint density at radius 1 is 1.21 bits per heavy atom. The fraction of sp³-hybridized carbons (Fsp3) is 0.550. The summed E-state index contributed by atoms with van der Waals surface area (Å²) >= 11 is 0. The standard InChI is InChI=1S/C20H24O4/c1-2-24-20(23)18-10-17-15-5-3-11-9-12(21)4-6-13(11)14(15)7-8-16(17)19(18)22/h2,4,6,9,14-19,21-22H,1,3,5,7-8,10H2/t14-,15-,16?,17+,18-,19-/m1/s1. The van der Waals surface area contributed by atoms with E-state index in [0.717, 1.165) is 31.9 Å². The average Bonchev–Trinajstić information content (AvgIpc) is 2.91. The van der Waals surface area contributed by atoms with Crippen molar-refractivity contribution < 1.29 is 19.7 Å². The van der Waals surface area contributed by atoms with Gasteiger partial charge in [0.1, 0.15) is 5.75 Å².